The lowest BCUT2D eigenvalue weighted by Crippen LogP contribution is -2.28. The van der Waals surface area contributed by atoms with E-state index in [0.29, 0.717) is 6.42 Å². The van der Waals surface area contributed by atoms with Gasteiger partial charge in [-0.05, 0) is 35.8 Å². The van der Waals surface area contributed by atoms with E-state index < -0.39 is 6.29 Å². The number of aliphatic hydroxyl groups excluding tert-OH is 1. The monoisotopic (exact) mass is 278 g/mol. The second-order valence-electron chi connectivity index (χ2n) is 6.54. The van der Waals surface area contributed by atoms with Gasteiger partial charge in [0, 0.05) is 13.0 Å². The fraction of sp³-hybridized carbons (Fsp3) is 0.647. The van der Waals surface area contributed by atoms with Gasteiger partial charge < -0.3 is 14.6 Å². The van der Waals surface area contributed by atoms with Crippen molar-refractivity contribution in [1.82, 2.24) is 0 Å². The first-order valence-electron chi connectivity index (χ1n) is 7.50. The first kappa shape index (κ1) is 15.5. The molecule has 0 amide bonds. The summed E-state index contributed by atoms with van der Waals surface area (Å²) in [6, 6.07) is 8.38. The lowest BCUT2D eigenvalue weighted by atomic mass is 9.86. The highest BCUT2D eigenvalue weighted by Gasteiger charge is 2.19. The molecule has 1 fully saturated rings. The molecule has 0 aromatic heterocycles. The Bertz CT molecular complexity index is 399. The average Bonchev–Trinajstić information content (AvgIpc) is 2.39. The van der Waals surface area contributed by atoms with Gasteiger partial charge in [0.05, 0.1) is 0 Å². The minimum atomic E-state index is -0.793. The van der Waals surface area contributed by atoms with Crippen molar-refractivity contribution in [3.05, 3.63) is 35.4 Å². The second-order valence-corrected chi connectivity index (χ2v) is 6.54. The van der Waals surface area contributed by atoms with Crippen LogP contribution in [0.3, 0.4) is 0 Å². The molecule has 1 aliphatic rings. The van der Waals surface area contributed by atoms with Gasteiger partial charge in [0.25, 0.3) is 0 Å². The van der Waals surface area contributed by atoms with Crippen LogP contribution in [0.25, 0.3) is 0 Å². The summed E-state index contributed by atoms with van der Waals surface area (Å²) in [7, 11) is 0. The van der Waals surface area contributed by atoms with Crippen LogP contribution < -0.4 is 0 Å². The van der Waals surface area contributed by atoms with E-state index in [0.717, 1.165) is 31.4 Å². The quantitative estimate of drug-likeness (QED) is 0.858. The van der Waals surface area contributed by atoms with Crippen LogP contribution in [0.15, 0.2) is 24.3 Å². The first-order chi connectivity index (χ1) is 9.45. The van der Waals surface area contributed by atoms with Crippen molar-refractivity contribution in [2.75, 3.05) is 6.61 Å². The number of aliphatic hydroxyl groups is 1. The maximum atomic E-state index is 9.98. The zero-order valence-corrected chi connectivity index (χ0v) is 12.8. The summed E-state index contributed by atoms with van der Waals surface area (Å²) in [5.41, 5.74) is 2.54. The lowest BCUT2D eigenvalue weighted by molar-refractivity contribution is -0.239. The molecule has 0 bridgehead atoms. The van der Waals surface area contributed by atoms with Crippen LogP contribution in [0.1, 0.15) is 51.2 Å². The van der Waals surface area contributed by atoms with Gasteiger partial charge in [-0.15, -0.1) is 0 Å². The molecule has 3 heteroatoms. The molecule has 1 heterocycles. The van der Waals surface area contributed by atoms with Crippen LogP contribution in [0, 0.1) is 0 Å². The smallest absolute Gasteiger partial charge is 0.161 e. The molecule has 0 saturated carbocycles. The molecule has 3 nitrogen and oxygen atoms in total. The molecule has 0 radical (unpaired) electrons. The first-order valence-corrected chi connectivity index (χ1v) is 7.50. The van der Waals surface area contributed by atoms with Crippen LogP contribution in [0.2, 0.25) is 0 Å². The molecule has 1 aromatic rings. The summed E-state index contributed by atoms with van der Waals surface area (Å²) in [6.07, 6.45) is 2.54. The summed E-state index contributed by atoms with van der Waals surface area (Å²) >= 11 is 0. The van der Waals surface area contributed by atoms with E-state index in [2.05, 4.69) is 45.0 Å². The zero-order chi connectivity index (χ0) is 14.6. The van der Waals surface area contributed by atoms with Crippen LogP contribution in [0.4, 0.5) is 0 Å². The summed E-state index contributed by atoms with van der Waals surface area (Å²) in [5, 5.41) is 9.98. The van der Waals surface area contributed by atoms with E-state index in [4.69, 9.17) is 9.47 Å². The van der Waals surface area contributed by atoms with Crippen molar-refractivity contribution in [2.24, 2.45) is 0 Å². The molecule has 1 N–H and O–H groups in total. The summed E-state index contributed by atoms with van der Waals surface area (Å²) in [5.74, 6) is 0. The summed E-state index contributed by atoms with van der Waals surface area (Å²) in [4.78, 5) is 0. The third kappa shape index (κ3) is 4.58. The Morgan fingerprint density at radius 1 is 1.25 bits per heavy atom. The predicted molar refractivity (Wildman–Crippen MR) is 79.5 cm³/mol. The SMILES string of the molecule is CC(C)(C)c1ccc(CC(O)OC2CCCCO2)cc1. The van der Waals surface area contributed by atoms with Gasteiger partial charge in [0.1, 0.15) is 0 Å². The van der Waals surface area contributed by atoms with Crippen molar-refractivity contribution < 1.29 is 14.6 Å². The molecule has 1 aromatic carbocycles. The van der Waals surface area contributed by atoms with E-state index in [-0.39, 0.29) is 11.7 Å². The minimum absolute atomic E-state index is 0.156. The molecule has 1 saturated heterocycles. The minimum Gasteiger partial charge on any atom is -0.368 e. The van der Waals surface area contributed by atoms with Crippen molar-refractivity contribution in [3.8, 4) is 0 Å². The van der Waals surface area contributed by atoms with Crippen molar-refractivity contribution >= 4 is 0 Å². The lowest BCUT2D eigenvalue weighted by Gasteiger charge is -2.25. The Morgan fingerprint density at radius 3 is 2.50 bits per heavy atom. The van der Waals surface area contributed by atoms with Crippen molar-refractivity contribution in [3.63, 3.8) is 0 Å². The molecular weight excluding hydrogens is 252 g/mol. The van der Waals surface area contributed by atoms with Crippen LogP contribution in [0.5, 0.6) is 0 Å². The highest BCUT2D eigenvalue weighted by molar-refractivity contribution is 5.27. The number of benzene rings is 1. The third-order valence-electron chi connectivity index (χ3n) is 3.68. The Hall–Kier alpha value is -0.900. The average molecular weight is 278 g/mol. The Labute approximate surface area is 121 Å². The third-order valence-corrected chi connectivity index (χ3v) is 3.68. The Kier molecular flexibility index (Phi) is 5.19. The van der Waals surface area contributed by atoms with Gasteiger partial charge >= 0.3 is 0 Å². The van der Waals surface area contributed by atoms with Gasteiger partial charge in [-0.25, -0.2) is 0 Å². The molecule has 2 rings (SSSR count). The molecule has 112 valence electrons. The number of hydrogen-bond donors (Lipinski definition) is 1. The summed E-state index contributed by atoms with van der Waals surface area (Å²) < 4.78 is 11.0. The van der Waals surface area contributed by atoms with Gasteiger partial charge in [-0.2, -0.15) is 0 Å². The molecule has 0 spiro atoms. The Morgan fingerprint density at radius 2 is 1.95 bits per heavy atom. The highest BCUT2D eigenvalue weighted by Crippen LogP contribution is 2.23. The Balaban J connectivity index is 1.86. The zero-order valence-electron chi connectivity index (χ0n) is 12.8. The predicted octanol–water partition coefficient (Wildman–Crippen LogP) is 3.39. The normalized spacial score (nSPS) is 21.7. The molecule has 1 aliphatic heterocycles. The van der Waals surface area contributed by atoms with Crippen LogP contribution in [-0.2, 0) is 21.3 Å². The number of hydrogen-bond acceptors (Lipinski definition) is 3. The van der Waals surface area contributed by atoms with Gasteiger partial charge in [0.15, 0.2) is 12.6 Å². The van der Waals surface area contributed by atoms with E-state index in [9.17, 15) is 5.11 Å². The molecule has 2 unspecified atom stereocenters. The van der Waals surface area contributed by atoms with Crippen molar-refractivity contribution in [2.45, 2.75) is 64.4 Å². The number of rotatable bonds is 4. The molecular formula is C17H26O3. The van der Waals surface area contributed by atoms with E-state index in [1.165, 1.54) is 5.56 Å². The number of ether oxygens (including phenoxy) is 2. The molecule has 0 aliphatic carbocycles. The fourth-order valence-electron chi connectivity index (χ4n) is 2.38. The van der Waals surface area contributed by atoms with E-state index >= 15 is 0 Å². The topological polar surface area (TPSA) is 38.7 Å². The standard InChI is InChI=1S/C17H26O3/c1-17(2,3)14-9-7-13(8-10-14)12-15(18)20-16-6-4-5-11-19-16/h7-10,15-16,18H,4-6,11-12H2,1-3H3. The molecule has 20 heavy (non-hydrogen) atoms. The molecule has 2 atom stereocenters. The van der Waals surface area contributed by atoms with E-state index in [1.807, 2.05) is 0 Å². The van der Waals surface area contributed by atoms with Gasteiger partial charge in [-0.1, -0.05) is 45.0 Å². The van der Waals surface area contributed by atoms with Gasteiger partial charge in [0.2, 0.25) is 0 Å². The van der Waals surface area contributed by atoms with Gasteiger partial charge in [-0.3, -0.25) is 0 Å². The highest BCUT2D eigenvalue weighted by atomic mass is 16.7. The van der Waals surface area contributed by atoms with E-state index in [1.54, 1.807) is 0 Å². The fourth-order valence-corrected chi connectivity index (χ4v) is 2.38. The second kappa shape index (κ2) is 6.70. The summed E-state index contributed by atoms with van der Waals surface area (Å²) in [6.45, 7) is 7.32. The van der Waals surface area contributed by atoms with Crippen LogP contribution >= 0.6 is 0 Å². The largest absolute Gasteiger partial charge is 0.368 e. The van der Waals surface area contributed by atoms with Crippen molar-refractivity contribution in [1.29, 1.82) is 0 Å². The maximum Gasteiger partial charge on any atom is 0.161 e. The maximum absolute atomic E-state index is 9.98. The van der Waals surface area contributed by atoms with Crippen LogP contribution in [-0.4, -0.2) is 24.3 Å².